The highest BCUT2D eigenvalue weighted by molar-refractivity contribution is 7.13. The molecule has 0 bridgehead atoms. The van der Waals surface area contributed by atoms with Gasteiger partial charge in [0.25, 0.3) is 0 Å². The van der Waals surface area contributed by atoms with Crippen LogP contribution in [0.15, 0.2) is 5.51 Å². The van der Waals surface area contributed by atoms with Gasteiger partial charge in [-0.25, -0.2) is 9.78 Å². The molecule has 0 atom stereocenters. The Hall–Kier alpha value is -1.89. The summed E-state index contributed by atoms with van der Waals surface area (Å²) in [6.07, 6.45) is 0. The molecule has 0 unspecified atom stereocenters. The number of aromatic amines is 1. The quantitative estimate of drug-likeness (QED) is 0.709. The second-order valence-electron chi connectivity index (χ2n) is 2.93. The number of aryl methyl sites for hydroxylation is 1. The van der Waals surface area contributed by atoms with Gasteiger partial charge >= 0.3 is 5.97 Å². The summed E-state index contributed by atoms with van der Waals surface area (Å²) in [7, 11) is 0. The summed E-state index contributed by atoms with van der Waals surface area (Å²) in [5.74, 6) is -1.14. The number of aromatic nitrogens is 3. The molecule has 0 aromatic carbocycles. The van der Waals surface area contributed by atoms with E-state index in [1.165, 1.54) is 11.3 Å². The van der Waals surface area contributed by atoms with Gasteiger partial charge in [-0.3, -0.25) is 5.10 Å². The first-order chi connectivity index (χ1) is 7.11. The number of hydrogen-bond acceptors (Lipinski definition) is 5. The van der Waals surface area contributed by atoms with E-state index in [1.807, 2.05) is 6.92 Å². The number of aromatic carboxylic acids is 1. The minimum Gasteiger partial charge on any atom is -0.476 e. The average molecular weight is 224 g/mol. The van der Waals surface area contributed by atoms with E-state index in [4.69, 9.17) is 10.8 Å². The van der Waals surface area contributed by atoms with Gasteiger partial charge in [0.1, 0.15) is 5.69 Å². The van der Waals surface area contributed by atoms with Crippen molar-refractivity contribution in [3.05, 3.63) is 16.9 Å². The van der Waals surface area contributed by atoms with Crippen molar-refractivity contribution in [3.8, 4) is 10.6 Å². The molecule has 0 radical (unpaired) electrons. The molecule has 2 aromatic heterocycles. The molecule has 0 spiro atoms. The molecule has 4 N–H and O–H groups in total. The largest absolute Gasteiger partial charge is 0.476 e. The maximum atomic E-state index is 10.7. The summed E-state index contributed by atoms with van der Waals surface area (Å²) in [6, 6.07) is 0. The number of anilines is 1. The zero-order chi connectivity index (χ0) is 11.0. The Kier molecular flexibility index (Phi) is 2.16. The smallest absolute Gasteiger partial charge is 0.358 e. The van der Waals surface area contributed by atoms with Gasteiger partial charge in [-0.15, -0.1) is 11.3 Å². The van der Waals surface area contributed by atoms with Gasteiger partial charge in [-0.1, -0.05) is 0 Å². The molecule has 6 nitrogen and oxygen atoms in total. The summed E-state index contributed by atoms with van der Waals surface area (Å²) in [5, 5.41) is 15.0. The van der Waals surface area contributed by atoms with E-state index < -0.39 is 5.97 Å². The molecule has 0 aliphatic rings. The maximum Gasteiger partial charge on any atom is 0.358 e. The SMILES string of the molecule is Cc1ncsc1-c1[nH]nc(C(=O)O)c1N. The lowest BCUT2D eigenvalue weighted by Gasteiger charge is -1.95. The number of nitrogens with zero attached hydrogens (tertiary/aromatic N) is 2. The van der Waals surface area contributed by atoms with Crippen molar-refractivity contribution in [3.63, 3.8) is 0 Å². The molecule has 0 saturated carbocycles. The first-order valence-electron chi connectivity index (χ1n) is 4.09. The van der Waals surface area contributed by atoms with Crippen LogP contribution < -0.4 is 5.73 Å². The van der Waals surface area contributed by atoms with Crippen LogP contribution in [0.3, 0.4) is 0 Å². The van der Waals surface area contributed by atoms with Crippen LogP contribution in [-0.2, 0) is 0 Å². The van der Waals surface area contributed by atoms with Crippen molar-refractivity contribution < 1.29 is 9.90 Å². The summed E-state index contributed by atoms with van der Waals surface area (Å²) in [4.78, 5) is 15.6. The molecule has 2 rings (SSSR count). The summed E-state index contributed by atoms with van der Waals surface area (Å²) < 4.78 is 0. The van der Waals surface area contributed by atoms with E-state index >= 15 is 0 Å². The van der Waals surface area contributed by atoms with Crippen molar-refractivity contribution in [2.45, 2.75) is 6.92 Å². The van der Waals surface area contributed by atoms with Crippen LogP contribution >= 0.6 is 11.3 Å². The average Bonchev–Trinajstić information content (AvgIpc) is 2.71. The number of carbonyl (C=O) groups is 1. The van der Waals surface area contributed by atoms with Gasteiger partial charge in [-0.05, 0) is 6.92 Å². The Balaban J connectivity index is 2.56. The van der Waals surface area contributed by atoms with Crippen molar-refractivity contribution >= 4 is 23.0 Å². The number of nitrogens with two attached hydrogens (primary N) is 1. The standard InChI is InChI=1S/C8H8N4O2S/c1-3-7(15-2-10-3)5-4(9)6(8(13)14)12-11-5/h2H,9H2,1H3,(H,11,12)(H,13,14). The fourth-order valence-corrected chi connectivity index (χ4v) is 2.04. The van der Waals surface area contributed by atoms with Gasteiger partial charge < -0.3 is 10.8 Å². The maximum absolute atomic E-state index is 10.7. The third-order valence-corrected chi connectivity index (χ3v) is 2.93. The van der Waals surface area contributed by atoms with Crippen LogP contribution in [0, 0.1) is 6.92 Å². The lowest BCUT2D eigenvalue weighted by molar-refractivity contribution is 0.0691. The van der Waals surface area contributed by atoms with Crippen LogP contribution in [-0.4, -0.2) is 26.3 Å². The molecule has 2 aromatic rings. The number of H-pyrrole nitrogens is 1. The topological polar surface area (TPSA) is 105 Å². The molecular formula is C8H8N4O2S. The number of nitrogen functional groups attached to an aromatic ring is 1. The number of nitrogens with one attached hydrogen (secondary N) is 1. The lowest BCUT2D eigenvalue weighted by atomic mass is 10.2. The van der Waals surface area contributed by atoms with Crippen LogP contribution in [0.4, 0.5) is 5.69 Å². The van der Waals surface area contributed by atoms with Gasteiger partial charge in [-0.2, -0.15) is 5.10 Å². The highest BCUT2D eigenvalue weighted by Gasteiger charge is 2.19. The van der Waals surface area contributed by atoms with E-state index in [0.717, 1.165) is 10.6 Å². The molecular weight excluding hydrogens is 216 g/mol. The zero-order valence-corrected chi connectivity index (χ0v) is 8.63. The fraction of sp³-hybridized carbons (Fsp3) is 0.125. The van der Waals surface area contributed by atoms with Crippen molar-refractivity contribution in [2.75, 3.05) is 5.73 Å². The summed E-state index contributed by atoms with van der Waals surface area (Å²) in [6.45, 7) is 1.83. The number of hydrogen-bond donors (Lipinski definition) is 3. The lowest BCUT2D eigenvalue weighted by Crippen LogP contribution is -2.01. The Labute approximate surface area is 88.8 Å². The second-order valence-corrected chi connectivity index (χ2v) is 3.79. The molecule has 0 fully saturated rings. The highest BCUT2D eigenvalue weighted by atomic mass is 32.1. The highest BCUT2D eigenvalue weighted by Crippen LogP contribution is 2.31. The van der Waals surface area contributed by atoms with Crippen LogP contribution in [0.5, 0.6) is 0 Å². The first-order valence-corrected chi connectivity index (χ1v) is 4.96. The third-order valence-electron chi connectivity index (χ3n) is 1.98. The molecule has 78 valence electrons. The number of carboxylic acids is 1. The number of carboxylic acid groups (broad SMARTS) is 1. The van der Waals surface area contributed by atoms with Crippen molar-refractivity contribution in [1.82, 2.24) is 15.2 Å². The Morgan fingerprint density at radius 3 is 2.87 bits per heavy atom. The van der Waals surface area contributed by atoms with Crippen molar-refractivity contribution in [2.24, 2.45) is 0 Å². The molecule has 2 heterocycles. The first kappa shape index (κ1) is 9.66. The van der Waals surface area contributed by atoms with E-state index in [-0.39, 0.29) is 11.4 Å². The minimum absolute atomic E-state index is 0.148. The van der Waals surface area contributed by atoms with E-state index in [0.29, 0.717) is 5.69 Å². The normalized spacial score (nSPS) is 10.5. The molecule has 0 saturated heterocycles. The minimum atomic E-state index is -1.14. The number of rotatable bonds is 2. The van der Waals surface area contributed by atoms with Crippen LogP contribution in [0.2, 0.25) is 0 Å². The summed E-state index contributed by atoms with van der Waals surface area (Å²) >= 11 is 1.39. The molecule has 0 aliphatic carbocycles. The monoisotopic (exact) mass is 224 g/mol. The predicted octanol–water partition coefficient (Wildman–Crippen LogP) is 1.12. The van der Waals surface area contributed by atoms with E-state index in [9.17, 15) is 4.79 Å². The third kappa shape index (κ3) is 1.46. The fourth-order valence-electron chi connectivity index (χ4n) is 1.23. The van der Waals surface area contributed by atoms with Gasteiger partial charge in [0.15, 0.2) is 5.69 Å². The Morgan fingerprint density at radius 2 is 2.40 bits per heavy atom. The molecule has 0 amide bonds. The van der Waals surface area contributed by atoms with Crippen LogP contribution in [0.1, 0.15) is 16.2 Å². The molecule has 0 aliphatic heterocycles. The van der Waals surface area contributed by atoms with Gasteiger partial charge in [0.2, 0.25) is 0 Å². The van der Waals surface area contributed by atoms with E-state index in [2.05, 4.69) is 15.2 Å². The van der Waals surface area contributed by atoms with E-state index in [1.54, 1.807) is 5.51 Å². The number of thiazole rings is 1. The molecule has 7 heteroatoms. The van der Waals surface area contributed by atoms with Gasteiger partial charge in [0, 0.05) is 0 Å². The Morgan fingerprint density at radius 1 is 1.67 bits per heavy atom. The second kappa shape index (κ2) is 3.35. The molecule has 15 heavy (non-hydrogen) atoms. The Bertz CT molecular complexity index is 516. The summed E-state index contributed by atoms with van der Waals surface area (Å²) in [5.41, 5.74) is 8.65. The van der Waals surface area contributed by atoms with Crippen molar-refractivity contribution in [1.29, 1.82) is 0 Å². The predicted molar refractivity (Wildman–Crippen MR) is 55.8 cm³/mol. The van der Waals surface area contributed by atoms with Crippen LogP contribution in [0.25, 0.3) is 10.6 Å². The zero-order valence-electron chi connectivity index (χ0n) is 7.81. The van der Waals surface area contributed by atoms with Gasteiger partial charge in [0.05, 0.1) is 21.8 Å².